The second-order valence-corrected chi connectivity index (χ2v) is 4.31. The van der Waals surface area contributed by atoms with E-state index in [9.17, 15) is 4.79 Å². The Labute approximate surface area is 95.9 Å². The van der Waals surface area contributed by atoms with Gasteiger partial charge in [-0.3, -0.25) is 4.79 Å². The highest BCUT2D eigenvalue weighted by atomic mass is 32.2. The molecule has 0 heterocycles. The number of esters is 1. The van der Waals surface area contributed by atoms with Crippen LogP contribution in [0.15, 0.2) is 0 Å². The summed E-state index contributed by atoms with van der Waals surface area (Å²) < 4.78 is 9.73. The van der Waals surface area contributed by atoms with Crippen LogP contribution in [0.3, 0.4) is 0 Å². The first kappa shape index (κ1) is 14.7. The zero-order valence-electron chi connectivity index (χ0n) is 9.53. The van der Waals surface area contributed by atoms with Crippen molar-refractivity contribution in [3.05, 3.63) is 0 Å². The van der Waals surface area contributed by atoms with Gasteiger partial charge in [0.25, 0.3) is 0 Å². The third kappa shape index (κ3) is 8.72. The number of rotatable bonds is 9. The minimum atomic E-state index is -0.477. The molecule has 0 aromatic heterocycles. The van der Waals surface area contributed by atoms with E-state index in [1.807, 2.05) is 6.92 Å². The van der Waals surface area contributed by atoms with E-state index in [2.05, 4.69) is 4.74 Å². The molecule has 4 nitrogen and oxygen atoms in total. The minimum Gasteiger partial charge on any atom is -0.468 e. The molecule has 0 saturated carbocycles. The molecule has 0 amide bonds. The van der Waals surface area contributed by atoms with Crippen molar-refractivity contribution < 1.29 is 14.3 Å². The van der Waals surface area contributed by atoms with E-state index in [4.69, 9.17) is 10.5 Å². The molecule has 0 radical (unpaired) electrons. The van der Waals surface area contributed by atoms with Crippen LogP contribution >= 0.6 is 11.8 Å². The van der Waals surface area contributed by atoms with Crippen molar-refractivity contribution in [1.29, 1.82) is 0 Å². The quantitative estimate of drug-likeness (QED) is 0.478. The topological polar surface area (TPSA) is 61.5 Å². The van der Waals surface area contributed by atoms with Gasteiger partial charge in [0, 0.05) is 13.2 Å². The SMILES string of the molecule is CCOCCCSCCC(N)C(=O)OC. The van der Waals surface area contributed by atoms with E-state index in [1.54, 1.807) is 11.8 Å². The largest absolute Gasteiger partial charge is 0.468 e. The Hall–Kier alpha value is -0.260. The van der Waals surface area contributed by atoms with E-state index in [0.29, 0.717) is 6.42 Å². The van der Waals surface area contributed by atoms with Gasteiger partial charge < -0.3 is 15.2 Å². The van der Waals surface area contributed by atoms with Crippen molar-refractivity contribution in [2.75, 3.05) is 31.8 Å². The van der Waals surface area contributed by atoms with Gasteiger partial charge in [0.2, 0.25) is 0 Å². The molecule has 0 aliphatic carbocycles. The lowest BCUT2D eigenvalue weighted by Gasteiger charge is -2.08. The van der Waals surface area contributed by atoms with E-state index in [0.717, 1.165) is 31.1 Å². The van der Waals surface area contributed by atoms with Gasteiger partial charge in [0.1, 0.15) is 6.04 Å². The van der Waals surface area contributed by atoms with E-state index in [-0.39, 0.29) is 5.97 Å². The van der Waals surface area contributed by atoms with Gasteiger partial charge in [-0.2, -0.15) is 11.8 Å². The molecule has 1 unspecified atom stereocenters. The third-order valence-corrected chi connectivity index (χ3v) is 2.96. The summed E-state index contributed by atoms with van der Waals surface area (Å²) in [7, 11) is 1.36. The summed E-state index contributed by atoms with van der Waals surface area (Å²) in [6, 6.07) is -0.477. The molecule has 0 rings (SSSR count). The Balaban J connectivity index is 3.20. The summed E-state index contributed by atoms with van der Waals surface area (Å²) >= 11 is 1.79. The fourth-order valence-electron chi connectivity index (χ4n) is 0.989. The van der Waals surface area contributed by atoms with Crippen molar-refractivity contribution in [1.82, 2.24) is 0 Å². The molecular formula is C10H21NO3S. The zero-order chi connectivity index (χ0) is 11.5. The van der Waals surface area contributed by atoms with E-state index in [1.165, 1.54) is 7.11 Å². The molecular weight excluding hydrogens is 214 g/mol. The van der Waals surface area contributed by atoms with Crippen molar-refractivity contribution in [2.45, 2.75) is 25.8 Å². The Morgan fingerprint density at radius 1 is 1.47 bits per heavy atom. The van der Waals surface area contributed by atoms with Gasteiger partial charge >= 0.3 is 5.97 Å². The summed E-state index contributed by atoms with van der Waals surface area (Å²) in [6.07, 6.45) is 1.72. The second-order valence-electron chi connectivity index (χ2n) is 3.08. The average molecular weight is 235 g/mol. The van der Waals surface area contributed by atoms with Crippen molar-refractivity contribution in [3.8, 4) is 0 Å². The predicted octanol–water partition coefficient (Wildman–Crippen LogP) is 1.04. The van der Waals surface area contributed by atoms with Gasteiger partial charge in [0.05, 0.1) is 7.11 Å². The first-order valence-electron chi connectivity index (χ1n) is 5.21. The normalized spacial score (nSPS) is 12.5. The molecule has 0 aliphatic rings. The number of hydrogen-bond donors (Lipinski definition) is 1. The molecule has 90 valence electrons. The molecule has 0 fully saturated rings. The average Bonchev–Trinajstić information content (AvgIpc) is 2.26. The van der Waals surface area contributed by atoms with Crippen LogP contribution in [0.5, 0.6) is 0 Å². The molecule has 0 aromatic carbocycles. The lowest BCUT2D eigenvalue weighted by Crippen LogP contribution is -2.32. The highest BCUT2D eigenvalue weighted by molar-refractivity contribution is 7.99. The van der Waals surface area contributed by atoms with Gasteiger partial charge in [-0.25, -0.2) is 0 Å². The molecule has 2 N–H and O–H groups in total. The monoisotopic (exact) mass is 235 g/mol. The summed E-state index contributed by atoms with van der Waals surface area (Å²) in [5.74, 6) is 1.61. The van der Waals surface area contributed by atoms with Gasteiger partial charge in [-0.1, -0.05) is 0 Å². The number of thioether (sulfide) groups is 1. The second kappa shape index (κ2) is 10.3. The van der Waals surface area contributed by atoms with Crippen LogP contribution in [-0.2, 0) is 14.3 Å². The smallest absolute Gasteiger partial charge is 0.322 e. The summed E-state index contributed by atoms with van der Waals surface area (Å²) in [5, 5.41) is 0. The van der Waals surface area contributed by atoms with Crippen LogP contribution in [0.1, 0.15) is 19.8 Å². The van der Waals surface area contributed by atoms with E-state index >= 15 is 0 Å². The highest BCUT2D eigenvalue weighted by Gasteiger charge is 2.12. The van der Waals surface area contributed by atoms with Crippen LogP contribution in [0.25, 0.3) is 0 Å². The molecule has 0 bridgehead atoms. The van der Waals surface area contributed by atoms with Crippen LogP contribution in [0.2, 0.25) is 0 Å². The number of carbonyl (C=O) groups excluding carboxylic acids is 1. The van der Waals surface area contributed by atoms with Gasteiger partial charge in [-0.15, -0.1) is 0 Å². The van der Waals surface area contributed by atoms with Crippen LogP contribution < -0.4 is 5.73 Å². The third-order valence-electron chi connectivity index (χ3n) is 1.86. The molecule has 0 saturated heterocycles. The molecule has 15 heavy (non-hydrogen) atoms. The van der Waals surface area contributed by atoms with Crippen molar-refractivity contribution in [2.24, 2.45) is 5.73 Å². The maximum Gasteiger partial charge on any atom is 0.322 e. The zero-order valence-corrected chi connectivity index (χ0v) is 10.3. The lowest BCUT2D eigenvalue weighted by atomic mass is 10.2. The van der Waals surface area contributed by atoms with Crippen molar-refractivity contribution in [3.63, 3.8) is 0 Å². The fourth-order valence-corrected chi connectivity index (χ4v) is 1.94. The maximum absolute atomic E-state index is 10.9. The molecule has 0 aliphatic heterocycles. The number of ether oxygens (including phenoxy) is 2. The van der Waals surface area contributed by atoms with Crippen LogP contribution in [0.4, 0.5) is 0 Å². The molecule has 1 atom stereocenters. The predicted molar refractivity (Wildman–Crippen MR) is 63.0 cm³/mol. The molecule has 0 aromatic rings. The fraction of sp³-hybridized carbons (Fsp3) is 0.900. The van der Waals surface area contributed by atoms with Crippen LogP contribution in [-0.4, -0.2) is 43.8 Å². The number of methoxy groups -OCH3 is 1. The Kier molecular flexibility index (Phi) is 10.1. The standard InChI is InChI=1S/C10H21NO3S/c1-3-14-6-4-7-15-8-5-9(11)10(12)13-2/h9H,3-8,11H2,1-2H3. The first-order chi connectivity index (χ1) is 7.22. The Morgan fingerprint density at radius 3 is 2.80 bits per heavy atom. The van der Waals surface area contributed by atoms with Crippen LogP contribution in [0, 0.1) is 0 Å². The van der Waals surface area contributed by atoms with Gasteiger partial charge in [0.15, 0.2) is 0 Å². The van der Waals surface area contributed by atoms with Crippen molar-refractivity contribution >= 4 is 17.7 Å². The first-order valence-corrected chi connectivity index (χ1v) is 6.36. The minimum absolute atomic E-state index is 0.329. The lowest BCUT2D eigenvalue weighted by molar-refractivity contribution is -0.142. The Morgan fingerprint density at radius 2 is 2.20 bits per heavy atom. The summed E-state index contributed by atoms with van der Waals surface area (Å²) in [6.45, 7) is 3.58. The van der Waals surface area contributed by atoms with E-state index < -0.39 is 6.04 Å². The maximum atomic E-state index is 10.9. The van der Waals surface area contributed by atoms with Gasteiger partial charge in [-0.05, 0) is 31.3 Å². The Bertz CT molecular complexity index is 167. The highest BCUT2D eigenvalue weighted by Crippen LogP contribution is 2.06. The number of nitrogens with two attached hydrogens (primary N) is 1. The number of hydrogen-bond acceptors (Lipinski definition) is 5. The molecule has 0 spiro atoms. The molecule has 5 heteroatoms. The number of carbonyl (C=O) groups is 1. The summed E-state index contributed by atoms with van der Waals surface area (Å²) in [4.78, 5) is 10.9. The summed E-state index contributed by atoms with van der Waals surface area (Å²) in [5.41, 5.74) is 5.58.